The van der Waals surface area contributed by atoms with Crippen LogP contribution in [0.15, 0.2) is 28.7 Å². The maximum absolute atomic E-state index is 12.7. The van der Waals surface area contributed by atoms with E-state index in [1.165, 1.54) is 12.8 Å². The van der Waals surface area contributed by atoms with Gasteiger partial charge in [0.15, 0.2) is 11.3 Å². The Morgan fingerprint density at radius 2 is 2.09 bits per heavy atom. The molecule has 1 amide bonds. The van der Waals surface area contributed by atoms with Gasteiger partial charge in [0, 0.05) is 10.9 Å². The number of halogens is 1. The molecule has 3 N–H and O–H groups in total. The summed E-state index contributed by atoms with van der Waals surface area (Å²) >= 11 is 6.12. The van der Waals surface area contributed by atoms with Crippen molar-refractivity contribution in [3.63, 3.8) is 0 Å². The molecule has 1 heterocycles. The van der Waals surface area contributed by atoms with Crippen LogP contribution in [0.4, 0.5) is 0 Å². The van der Waals surface area contributed by atoms with E-state index in [1.807, 2.05) is 12.1 Å². The second kappa shape index (κ2) is 5.53. The van der Waals surface area contributed by atoms with Gasteiger partial charge in [-0.2, -0.15) is 0 Å². The Morgan fingerprint density at radius 3 is 2.74 bits per heavy atom. The van der Waals surface area contributed by atoms with Gasteiger partial charge in [0.1, 0.15) is 0 Å². The molecule has 2 aromatic rings. The van der Waals surface area contributed by atoms with Gasteiger partial charge in [-0.1, -0.05) is 36.6 Å². The summed E-state index contributed by atoms with van der Waals surface area (Å²) in [5, 5.41) is 4.52. The summed E-state index contributed by atoms with van der Waals surface area (Å²) in [5.74, 6) is 0.602. The van der Waals surface area contributed by atoms with E-state index >= 15 is 0 Å². The zero-order valence-corrected chi connectivity index (χ0v) is 13.7. The molecule has 1 aromatic heterocycles. The maximum Gasteiger partial charge on any atom is 0.287 e. The minimum Gasteiger partial charge on any atom is -0.449 e. The maximum atomic E-state index is 12.7. The number of nitrogens with two attached hydrogens (primary N) is 1. The normalized spacial score (nSPS) is 21.5. The zero-order chi connectivity index (χ0) is 16.0. The van der Waals surface area contributed by atoms with E-state index in [2.05, 4.69) is 5.32 Å². The molecule has 5 heteroatoms. The third kappa shape index (κ3) is 2.74. The van der Waals surface area contributed by atoms with E-state index in [4.69, 9.17) is 21.8 Å². The first-order valence-corrected chi connectivity index (χ1v) is 8.72. The van der Waals surface area contributed by atoms with Gasteiger partial charge in [0.25, 0.3) is 5.91 Å². The summed E-state index contributed by atoms with van der Waals surface area (Å²) in [6.45, 7) is 0. The molecule has 2 saturated carbocycles. The van der Waals surface area contributed by atoms with Crippen LogP contribution in [0.25, 0.3) is 11.0 Å². The van der Waals surface area contributed by atoms with Crippen molar-refractivity contribution in [3.8, 4) is 0 Å². The van der Waals surface area contributed by atoms with Crippen LogP contribution in [0.5, 0.6) is 0 Å². The number of hydrogen-bond acceptors (Lipinski definition) is 3. The lowest BCUT2D eigenvalue weighted by Gasteiger charge is -2.30. The van der Waals surface area contributed by atoms with Crippen LogP contribution in [0.1, 0.15) is 49.1 Å². The Balaban J connectivity index is 1.58. The van der Waals surface area contributed by atoms with Crippen molar-refractivity contribution in [1.82, 2.24) is 5.32 Å². The molecule has 2 fully saturated rings. The van der Waals surface area contributed by atoms with Crippen LogP contribution in [-0.2, 0) is 0 Å². The van der Waals surface area contributed by atoms with Crippen molar-refractivity contribution in [1.29, 1.82) is 0 Å². The second-order valence-corrected chi connectivity index (χ2v) is 7.40. The minimum absolute atomic E-state index is 0.0428. The number of rotatable bonds is 4. The Bertz CT molecular complexity index is 745. The highest BCUT2D eigenvalue weighted by molar-refractivity contribution is 6.34. The molecule has 0 aliphatic heterocycles. The van der Waals surface area contributed by atoms with Gasteiger partial charge in [0.2, 0.25) is 0 Å². The summed E-state index contributed by atoms with van der Waals surface area (Å²) in [4.78, 5) is 12.7. The first-order chi connectivity index (χ1) is 11.1. The number of benzene rings is 1. The Kier molecular flexibility index (Phi) is 3.62. The predicted molar refractivity (Wildman–Crippen MR) is 90.6 cm³/mol. The number of carbonyl (C=O) groups is 1. The lowest BCUT2D eigenvalue weighted by Crippen LogP contribution is -2.53. The second-order valence-electron chi connectivity index (χ2n) is 7.00. The van der Waals surface area contributed by atoms with Crippen molar-refractivity contribution in [2.75, 3.05) is 0 Å². The molecule has 0 spiro atoms. The fourth-order valence-electron chi connectivity index (χ4n) is 3.83. The molecule has 2 aliphatic carbocycles. The third-order valence-electron chi connectivity index (χ3n) is 5.32. The molecule has 23 heavy (non-hydrogen) atoms. The zero-order valence-electron chi connectivity index (χ0n) is 13.0. The predicted octanol–water partition coefficient (Wildman–Crippen LogP) is 3.87. The monoisotopic (exact) mass is 332 g/mol. The molecule has 2 aliphatic rings. The summed E-state index contributed by atoms with van der Waals surface area (Å²) in [7, 11) is 0. The molecule has 0 bridgehead atoms. The molecule has 1 unspecified atom stereocenters. The molecule has 0 radical (unpaired) electrons. The highest BCUT2D eigenvalue weighted by atomic mass is 35.5. The number of fused-ring (bicyclic) bond motifs is 1. The van der Waals surface area contributed by atoms with Crippen LogP contribution in [0.2, 0.25) is 5.02 Å². The average molecular weight is 333 g/mol. The minimum atomic E-state index is -0.228. The highest BCUT2D eigenvalue weighted by Crippen LogP contribution is 2.43. The van der Waals surface area contributed by atoms with Crippen LogP contribution in [-0.4, -0.2) is 17.5 Å². The van der Waals surface area contributed by atoms with Gasteiger partial charge in [-0.05, 0) is 43.7 Å². The van der Waals surface area contributed by atoms with Crippen LogP contribution in [0, 0.1) is 5.92 Å². The van der Waals surface area contributed by atoms with Crippen molar-refractivity contribution in [3.05, 3.63) is 35.0 Å². The largest absolute Gasteiger partial charge is 0.449 e. The van der Waals surface area contributed by atoms with E-state index < -0.39 is 0 Å². The first kappa shape index (κ1) is 15.0. The van der Waals surface area contributed by atoms with E-state index in [-0.39, 0.29) is 17.5 Å². The standard InChI is InChI=1S/C18H21ClN2O2/c19-13-7-3-6-12-10-14(23-15(12)13)17(22)21-16(18(20)8-9-18)11-4-1-2-5-11/h3,6-7,10-11,16H,1-2,4-5,8-9,20H2,(H,21,22). The average Bonchev–Trinajstić information content (AvgIpc) is 2.98. The van der Waals surface area contributed by atoms with Gasteiger partial charge in [0.05, 0.1) is 11.1 Å². The fraction of sp³-hybridized carbons (Fsp3) is 0.500. The molecule has 4 rings (SSSR count). The number of carbonyl (C=O) groups excluding carboxylic acids is 1. The van der Waals surface area contributed by atoms with Gasteiger partial charge >= 0.3 is 0 Å². The number of furan rings is 1. The molecule has 1 atom stereocenters. The molecular weight excluding hydrogens is 312 g/mol. The summed E-state index contributed by atoms with van der Waals surface area (Å²) < 4.78 is 5.67. The molecule has 4 nitrogen and oxygen atoms in total. The van der Waals surface area contributed by atoms with E-state index in [1.54, 1.807) is 12.1 Å². The van der Waals surface area contributed by atoms with Gasteiger partial charge in [-0.15, -0.1) is 0 Å². The fourth-order valence-corrected chi connectivity index (χ4v) is 4.05. The van der Waals surface area contributed by atoms with Crippen LogP contribution in [0.3, 0.4) is 0 Å². The number of hydrogen-bond donors (Lipinski definition) is 2. The number of para-hydroxylation sites is 1. The van der Waals surface area contributed by atoms with Crippen molar-refractivity contribution in [2.45, 2.75) is 50.1 Å². The van der Waals surface area contributed by atoms with E-state index in [0.717, 1.165) is 31.1 Å². The van der Waals surface area contributed by atoms with Crippen molar-refractivity contribution >= 4 is 28.5 Å². The molecule has 122 valence electrons. The van der Waals surface area contributed by atoms with Gasteiger partial charge in [-0.25, -0.2) is 0 Å². The number of nitrogens with one attached hydrogen (secondary N) is 1. The van der Waals surface area contributed by atoms with Crippen molar-refractivity contribution in [2.24, 2.45) is 11.7 Å². The Morgan fingerprint density at radius 1 is 1.35 bits per heavy atom. The topological polar surface area (TPSA) is 68.3 Å². The third-order valence-corrected chi connectivity index (χ3v) is 5.62. The molecular formula is C18H21ClN2O2. The quantitative estimate of drug-likeness (QED) is 0.893. The molecule has 1 aromatic carbocycles. The van der Waals surface area contributed by atoms with Gasteiger partial charge in [-0.3, -0.25) is 4.79 Å². The lowest BCUT2D eigenvalue weighted by atomic mass is 9.90. The van der Waals surface area contributed by atoms with Crippen molar-refractivity contribution < 1.29 is 9.21 Å². The summed E-state index contributed by atoms with van der Waals surface area (Å²) in [6, 6.07) is 7.29. The SMILES string of the molecule is NC1(C(NC(=O)c2cc3cccc(Cl)c3o2)C2CCCC2)CC1. The van der Waals surface area contributed by atoms with Crippen LogP contribution < -0.4 is 11.1 Å². The molecule has 0 saturated heterocycles. The van der Waals surface area contributed by atoms with E-state index in [9.17, 15) is 4.79 Å². The smallest absolute Gasteiger partial charge is 0.287 e. The Labute approximate surface area is 140 Å². The van der Waals surface area contributed by atoms with Gasteiger partial charge < -0.3 is 15.5 Å². The Hall–Kier alpha value is -1.52. The first-order valence-electron chi connectivity index (χ1n) is 8.35. The summed E-state index contributed by atoms with van der Waals surface area (Å²) in [6.07, 6.45) is 6.73. The van der Waals surface area contributed by atoms with Crippen LogP contribution >= 0.6 is 11.6 Å². The highest BCUT2D eigenvalue weighted by Gasteiger charge is 2.50. The summed E-state index contributed by atoms with van der Waals surface area (Å²) in [5.41, 5.74) is 6.76. The van der Waals surface area contributed by atoms with E-state index in [0.29, 0.717) is 22.3 Å². The number of amides is 1. The lowest BCUT2D eigenvalue weighted by molar-refractivity contribution is 0.0882.